The van der Waals surface area contributed by atoms with E-state index in [0.717, 1.165) is 29.7 Å². The van der Waals surface area contributed by atoms with Crippen molar-refractivity contribution in [3.8, 4) is 0 Å². The Balaban J connectivity index is 2.02. The molecule has 1 aromatic heterocycles. The lowest BCUT2D eigenvalue weighted by Crippen LogP contribution is -2.23. The molecule has 0 aliphatic heterocycles. The van der Waals surface area contributed by atoms with Gasteiger partial charge in [0, 0.05) is 30.9 Å². The first-order valence-electron chi connectivity index (χ1n) is 7.22. The molecule has 3 N–H and O–H groups in total. The van der Waals surface area contributed by atoms with E-state index in [0.29, 0.717) is 18.7 Å². The van der Waals surface area contributed by atoms with Crippen LogP contribution in [-0.2, 0) is 26.4 Å². The van der Waals surface area contributed by atoms with Gasteiger partial charge in [-0.05, 0) is 37.1 Å². The van der Waals surface area contributed by atoms with Gasteiger partial charge in [-0.3, -0.25) is 9.48 Å². The fourth-order valence-corrected chi connectivity index (χ4v) is 2.34. The van der Waals surface area contributed by atoms with Crippen molar-refractivity contribution in [2.75, 3.05) is 6.54 Å². The van der Waals surface area contributed by atoms with Crippen LogP contribution in [0.4, 0.5) is 0 Å². The number of carbonyl (C=O) groups excluding carboxylic acids is 1. The molecule has 0 aliphatic rings. The number of hydrogen-bond donors (Lipinski definition) is 2. The van der Waals surface area contributed by atoms with Crippen LogP contribution in [0.5, 0.6) is 0 Å². The average molecular weight is 286 g/mol. The summed E-state index contributed by atoms with van der Waals surface area (Å²) in [5.41, 5.74) is 9.38. The number of hydrogen-bond acceptors (Lipinski definition) is 3. The molecule has 5 heteroatoms. The van der Waals surface area contributed by atoms with Crippen molar-refractivity contribution in [1.29, 1.82) is 0 Å². The van der Waals surface area contributed by atoms with Gasteiger partial charge in [0.25, 0.3) is 5.91 Å². The van der Waals surface area contributed by atoms with E-state index >= 15 is 0 Å². The Labute approximate surface area is 125 Å². The van der Waals surface area contributed by atoms with Gasteiger partial charge in [-0.1, -0.05) is 19.1 Å². The molecule has 0 saturated heterocycles. The number of aromatic nitrogens is 2. The van der Waals surface area contributed by atoms with Crippen LogP contribution < -0.4 is 11.1 Å². The fourth-order valence-electron chi connectivity index (χ4n) is 2.34. The molecule has 1 heterocycles. The number of nitrogens with one attached hydrogen (secondary N) is 1. The summed E-state index contributed by atoms with van der Waals surface area (Å²) in [7, 11) is 1.89. The van der Waals surface area contributed by atoms with Crippen molar-refractivity contribution in [3.63, 3.8) is 0 Å². The Morgan fingerprint density at radius 2 is 2.24 bits per heavy atom. The van der Waals surface area contributed by atoms with Gasteiger partial charge in [-0.25, -0.2) is 0 Å². The first-order valence-corrected chi connectivity index (χ1v) is 7.22. The Kier molecular flexibility index (Phi) is 5.11. The van der Waals surface area contributed by atoms with Crippen LogP contribution in [-0.4, -0.2) is 22.2 Å². The zero-order valence-electron chi connectivity index (χ0n) is 12.6. The topological polar surface area (TPSA) is 72.9 Å². The van der Waals surface area contributed by atoms with E-state index in [1.54, 1.807) is 4.68 Å². The maximum Gasteiger partial charge on any atom is 0.251 e. The number of carbonyl (C=O) groups is 1. The third-order valence-electron chi connectivity index (χ3n) is 3.39. The minimum Gasteiger partial charge on any atom is -0.348 e. The molecular formula is C16H22N4O. The van der Waals surface area contributed by atoms with Crippen LogP contribution in [0.2, 0.25) is 0 Å². The monoisotopic (exact) mass is 286 g/mol. The predicted octanol–water partition coefficient (Wildman–Crippen LogP) is 1.41. The Bertz CT molecular complexity index is 618. The Hall–Kier alpha value is -2.14. The van der Waals surface area contributed by atoms with Gasteiger partial charge in [-0.2, -0.15) is 5.10 Å². The second kappa shape index (κ2) is 7.04. The highest BCUT2D eigenvalue weighted by molar-refractivity contribution is 5.94. The van der Waals surface area contributed by atoms with Crippen molar-refractivity contribution in [2.45, 2.75) is 26.3 Å². The minimum atomic E-state index is -0.0697. The third-order valence-corrected chi connectivity index (χ3v) is 3.39. The molecule has 0 unspecified atom stereocenters. The van der Waals surface area contributed by atoms with Crippen LogP contribution in [0.3, 0.4) is 0 Å². The molecule has 0 saturated carbocycles. The molecular weight excluding hydrogens is 264 g/mol. The van der Waals surface area contributed by atoms with Crippen LogP contribution in [0.25, 0.3) is 0 Å². The lowest BCUT2D eigenvalue weighted by molar-refractivity contribution is 0.0950. The highest BCUT2D eigenvalue weighted by Gasteiger charge is 2.09. The summed E-state index contributed by atoms with van der Waals surface area (Å²) in [6, 6.07) is 7.59. The van der Waals surface area contributed by atoms with Gasteiger partial charge in [0.2, 0.25) is 0 Å². The van der Waals surface area contributed by atoms with Crippen LogP contribution >= 0.6 is 0 Å². The quantitative estimate of drug-likeness (QED) is 0.843. The first-order chi connectivity index (χ1) is 10.1. The largest absolute Gasteiger partial charge is 0.348 e. The van der Waals surface area contributed by atoms with Crippen molar-refractivity contribution in [3.05, 3.63) is 52.8 Å². The second-order valence-electron chi connectivity index (χ2n) is 5.05. The lowest BCUT2D eigenvalue weighted by atomic mass is 10.1. The molecule has 2 rings (SSSR count). The number of nitrogens with zero attached hydrogens (tertiary/aromatic N) is 2. The van der Waals surface area contributed by atoms with Gasteiger partial charge in [0.15, 0.2) is 0 Å². The summed E-state index contributed by atoms with van der Waals surface area (Å²) in [5.74, 6) is -0.0697. The van der Waals surface area contributed by atoms with Crippen molar-refractivity contribution in [1.82, 2.24) is 15.1 Å². The number of benzene rings is 1. The molecule has 0 aliphatic carbocycles. The van der Waals surface area contributed by atoms with Gasteiger partial charge >= 0.3 is 0 Å². The van der Waals surface area contributed by atoms with Crippen LogP contribution in [0.1, 0.15) is 34.1 Å². The van der Waals surface area contributed by atoms with E-state index in [-0.39, 0.29) is 5.91 Å². The molecule has 1 amide bonds. The highest BCUT2D eigenvalue weighted by Crippen LogP contribution is 2.09. The molecule has 21 heavy (non-hydrogen) atoms. The summed E-state index contributed by atoms with van der Waals surface area (Å²) in [6.07, 6.45) is 3.59. The van der Waals surface area contributed by atoms with Crippen molar-refractivity contribution >= 4 is 5.91 Å². The molecule has 5 nitrogen and oxygen atoms in total. The Morgan fingerprint density at radius 1 is 1.43 bits per heavy atom. The van der Waals surface area contributed by atoms with Gasteiger partial charge in [-0.15, -0.1) is 0 Å². The third kappa shape index (κ3) is 3.92. The van der Waals surface area contributed by atoms with E-state index < -0.39 is 0 Å². The smallest absolute Gasteiger partial charge is 0.251 e. The predicted molar refractivity (Wildman–Crippen MR) is 83.0 cm³/mol. The van der Waals surface area contributed by atoms with Crippen molar-refractivity contribution < 1.29 is 4.79 Å². The summed E-state index contributed by atoms with van der Waals surface area (Å²) in [4.78, 5) is 12.2. The summed E-state index contributed by atoms with van der Waals surface area (Å²) < 4.78 is 1.78. The lowest BCUT2D eigenvalue weighted by Gasteiger charge is -2.06. The molecule has 0 spiro atoms. The average Bonchev–Trinajstić information content (AvgIpc) is 2.85. The van der Waals surface area contributed by atoms with E-state index in [1.165, 1.54) is 0 Å². The summed E-state index contributed by atoms with van der Waals surface area (Å²) >= 11 is 0. The fraction of sp³-hybridized carbons (Fsp3) is 0.375. The van der Waals surface area contributed by atoms with Crippen molar-refractivity contribution in [2.24, 2.45) is 12.8 Å². The number of amides is 1. The van der Waals surface area contributed by atoms with Crippen LogP contribution in [0, 0.1) is 0 Å². The van der Waals surface area contributed by atoms with Gasteiger partial charge in [0.1, 0.15) is 0 Å². The molecule has 2 aromatic rings. The maximum atomic E-state index is 12.2. The number of aryl methyl sites for hydroxylation is 2. The number of rotatable bonds is 6. The zero-order chi connectivity index (χ0) is 15.2. The number of nitrogens with two attached hydrogens (primary N) is 1. The van der Waals surface area contributed by atoms with Gasteiger partial charge in [0.05, 0.1) is 5.69 Å². The van der Waals surface area contributed by atoms with E-state index in [2.05, 4.69) is 17.3 Å². The molecule has 0 fully saturated rings. The highest BCUT2D eigenvalue weighted by atomic mass is 16.1. The van der Waals surface area contributed by atoms with Crippen LogP contribution in [0.15, 0.2) is 30.5 Å². The Morgan fingerprint density at radius 3 is 2.95 bits per heavy atom. The maximum absolute atomic E-state index is 12.2. The molecule has 112 valence electrons. The molecule has 0 bridgehead atoms. The summed E-state index contributed by atoms with van der Waals surface area (Å²) in [5, 5.41) is 7.32. The van der Waals surface area contributed by atoms with E-state index in [1.807, 2.05) is 37.5 Å². The van der Waals surface area contributed by atoms with E-state index in [4.69, 9.17) is 5.73 Å². The molecule has 0 radical (unpaired) electrons. The second-order valence-corrected chi connectivity index (χ2v) is 5.05. The van der Waals surface area contributed by atoms with E-state index in [9.17, 15) is 4.79 Å². The van der Waals surface area contributed by atoms with Gasteiger partial charge < -0.3 is 11.1 Å². The molecule has 1 aromatic carbocycles. The standard InChI is InChI=1S/C16H22N4O/c1-3-15-14(11-20(2)19-15)10-18-16(21)13-6-4-5-12(9-13)7-8-17/h4-6,9,11H,3,7-8,10,17H2,1-2H3,(H,18,21). The molecule has 0 atom stereocenters. The minimum absolute atomic E-state index is 0.0697. The first kappa shape index (κ1) is 15.3. The normalized spacial score (nSPS) is 10.6. The zero-order valence-corrected chi connectivity index (χ0v) is 12.6. The SMILES string of the molecule is CCc1nn(C)cc1CNC(=O)c1cccc(CCN)c1. The summed E-state index contributed by atoms with van der Waals surface area (Å²) in [6.45, 7) is 3.14.